The van der Waals surface area contributed by atoms with E-state index in [1.165, 1.54) is 49.8 Å². The maximum Gasteiger partial charge on any atom is 0.195 e. The quantitative estimate of drug-likeness (QED) is 0.387. The van der Waals surface area contributed by atoms with Gasteiger partial charge in [-0.15, -0.1) is 11.5 Å². The Labute approximate surface area is 131 Å². The number of allylic oxidation sites excluding steroid dienone is 2. The van der Waals surface area contributed by atoms with Crippen molar-refractivity contribution in [3.05, 3.63) is 41.6 Å². The molecule has 0 amide bonds. The zero-order chi connectivity index (χ0) is 15.0. The van der Waals surface area contributed by atoms with Gasteiger partial charge in [-0.25, -0.2) is 0 Å². The van der Waals surface area contributed by atoms with Crippen LogP contribution in [0.5, 0.6) is 0 Å². The highest BCUT2D eigenvalue weighted by Crippen LogP contribution is 2.32. The Morgan fingerprint density at radius 1 is 1.05 bits per heavy atom. The molecule has 0 aromatic heterocycles. The standard InChI is InChI=1S/C20H28Si/c1-3-5-7-11-17-21(20-14-9-8-10-15-20)18-12-16-19(21)13-6-4-2/h8-10,14-16H,3-7,12-13,18H2,1-2H3. The summed E-state index contributed by atoms with van der Waals surface area (Å²) in [5.41, 5.74) is 3.83. The van der Waals surface area contributed by atoms with Gasteiger partial charge < -0.3 is 0 Å². The van der Waals surface area contributed by atoms with Gasteiger partial charge in [0.25, 0.3) is 0 Å². The van der Waals surface area contributed by atoms with E-state index in [0.29, 0.717) is 0 Å². The molecule has 112 valence electrons. The van der Waals surface area contributed by atoms with E-state index in [2.05, 4.69) is 61.7 Å². The second-order valence-corrected chi connectivity index (χ2v) is 9.83. The van der Waals surface area contributed by atoms with Gasteiger partial charge in [0.1, 0.15) is 0 Å². The second-order valence-electron chi connectivity index (χ2n) is 6.05. The summed E-state index contributed by atoms with van der Waals surface area (Å²) in [6.45, 7) is 4.53. The molecular formula is C20H28Si. The number of rotatable bonds is 6. The maximum atomic E-state index is 3.83. The highest BCUT2D eigenvalue weighted by atomic mass is 28.3. The summed E-state index contributed by atoms with van der Waals surface area (Å²) < 4.78 is 0. The SMILES string of the molecule is CCCCC#C[Si]1(c2ccccc2)CCC=C1CCCC. The topological polar surface area (TPSA) is 0 Å². The Hall–Kier alpha value is -1.26. The molecule has 1 aromatic carbocycles. The van der Waals surface area contributed by atoms with E-state index in [9.17, 15) is 0 Å². The van der Waals surface area contributed by atoms with E-state index in [1.807, 2.05) is 0 Å². The molecule has 2 rings (SSSR count). The van der Waals surface area contributed by atoms with E-state index in [1.54, 1.807) is 5.20 Å². The molecule has 0 fully saturated rings. The summed E-state index contributed by atoms with van der Waals surface area (Å²) >= 11 is 0. The highest BCUT2D eigenvalue weighted by Gasteiger charge is 2.39. The largest absolute Gasteiger partial charge is 0.195 e. The normalized spacial score (nSPS) is 20.8. The summed E-state index contributed by atoms with van der Waals surface area (Å²) in [4.78, 5) is 0. The summed E-state index contributed by atoms with van der Waals surface area (Å²) in [6.07, 6.45) is 11.2. The van der Waals surface area contributed by atoms with E-state index < -0.39 is 8.07 Å². The van der Waals surface area contributed by atoms with Gasteiger partial charge in [-0.2, -0.15) is 0 Å². The molecule has 1 aliphatic heterocycles. The zero-order valence-electron chi connectivity index (χ0n) is 13.6. The van der Waals surface area contributed by atoms with E-state index in [-0.39, 0.29) is 0 Å². The van der Waals surface area contributed by atoms with Gasteiger partial charge in [-0.05, 0) is 30.5 Å². The zero-order valence-corrected chi connectivity index (χ0v) is 14.6. The molecule has 0 bridgehead atoms. The molecule has 21 heavy (non-hydrogen) atoms. The van der Waals surface area contributed by atoms with Crippen LogP contribution in [0.1, 0.15) is 58.8 Å². The third kappa shape index (κ3) is 3.89. The molecule has 1 heteroatoms. The van der Waals surface area contributed by atoms with Crippen molar-refractivity contribution in [1.29, 1.82) is 0 Å². The van der Waals surface area contributed by atoms with Crippen molar-refractivity contribution in [3.8, 4) is 11.5 Å². The van der Waals surface area contributed by atoms with Gasteiger partial charge in [0.05, 0.1) is 0 Å². The average molecular weight is 297 g/mol. The van der Waals surface area contributed by atoms with Gasteiger partial charge >= 0.3 is 0 Å². The maximum absolute atomic E-state index is 3.83. The van der Waals surface area contributed by atoms with Crippen molar-refractivity contribution in [3.63, 3.8) is 0 Å². The van der Waals surface area contributed by atoms with Gasteiger partial charge in [0.2, 0.25) is 0 Å². The predicted octanol–water partition coefficient (Wildman–Crippen LogP) is 5.13. The van der Waals surface area contributed by atoms with Gasteiger partial charge in [-0.3, -0.25) is 0 Å². The van der Waals surface area contributed by atoms with Crippen LogP contribution in [0.3, 0.4) is 0 Å². The van der Waals surface area contributed by atoms with Crippen molar-refractivity contribution in [2.24, 2.45) is 0 Å². The minimum absolute atomic E-state index is 1.07. The average Bonchev–Trinajstić information content (AvgIpc) is 2.94. The van der Waals surface area contributed by atoms with Crippen LogP contribution in [0, 0.1) is 11.5 Å². The van der Waals surface area contributed by atoms with Crippen molar-refractivity contribution in [2.75, 3.05) is 0 Å². The van der Waals surface area contributed by atoms with Gasteiger partial charge in [-0.1, -0.05) is 74.7 Å². The lowest BCUT2D eigenvalue weighted by atomic mass is 10.2. The Kier molecular flexibility index (Phi) is 6.33. The summed E-state index contributed by atoms with van der Waals surface area (Å²) in [6, 6.07) is 12.5. The van der Waals surface area contributed by atoms with E-state index >= 15 is 0 Å². The minimum Gasteiger partial charge on any atom is -0.120 e. The first-order chi connectivity index (χ1) is 10.3. The van der Waals surface area contributed by atoms with E-state index in [0.717, 1.165) is 6.42 Å². The highest BCUT2D eigenvalue weighted by molar-refractivity contribution is 7.04. The molecule has 0 spiro atoms. The van der Waals surface area contributed by atoms with Crippen LogP contribution in [0.2, 0.25) is 6.04 Å². The molecule has 1 heterocycles. The number of unbranched alkanes of at least 4 members (excludes halogenated alkanes) is 3. The molecule has 1 atom stereocenters. The summed E-state index contributed by atoms with van der Waals surface area (Å²) in [5, 5.41) is 3.24. The molecule has 1 aromatic rings. The van der Waals surface area contributed by atoms with Crippen molar-refractivity contribution < 1.29 is 0 Å². The number of hydrogen-bond acceptors (Lipinski definition) is 0. The monoisotopic (exact) mass is 296 g/mol. The van der Waals surface area contributed by atoms with Crippen molar-refractivity contribution in [2.45, 2.75) is 64.8 Å². The lowest BCUT2D eigenvalue weighted by molar-refractivity contribution is 0.804. The van der Waals surface area contributed by atoms with Crippen LogP contribution in [0.4, 0.5) is 0 Å². The van der Waals surface area contributed by atoms with Crippen molar-refractivity contribution >= 4 is 13.3 Å². The molecule has 0 saturated heterocycles. The smallest absolute Gasteiger partial charge is 0.120 e. The molecule has 0 nitrogen and oxygen atoms in total. The van der Waals surface area contributed by atoms with Crippen molar-refractivity contribution in [1.82, 2.24) is 0 Å². The predicted molar refractivity (Wildman–Crippen MR) is 96.2 cm³/mol. The first kappa shape index (κ1) is 16.1. The fraction of sp³-hybridized carbons (Fsp3) is 0.500. The first-order valence-electron chi connectivity index (χ1n) is 8.58. The lowest BCUT2D eigenvalue weighted by Crippen LogP contribution is -2.47. The summed E-state index contributed by atoms with van der Waals surface area (Å²) in [5.74, 6) is 3.54. The van der Waals surface area contributed by atoms with Gasteiger partial charge in [0.15, 0.2) is 8.07 Å². The molecule has 1 unspecified atom stereocenters. The fourth-order valence-electron chi connectivity index (χ4n) is 3.23. The molecular weight excluding hydrogens is 268 g/mol. The Morgan fingerprint density at radius 3 is 2.52 bits per heavy atom. The lowest BCUT2D eigenvalue weighted by Gasteiger charge is -2.25. The number of hydrogen-bond donors (Lipinski definition) is 0. The summed E-state index contributed by atoms with van der Waals surface area (Å²) in [7, 11) is -1.73. The third-order valence-corrected chi connectivity index (χ3v) is 8.99. The van der Waals surface area contributed by atoms with Crippen LogP contribution in [-0.2, 0) is 0 Å². The van der Waals surface area contributed by atoms with Crippen LogP contribution >= 0.6 is 0 Å². The Morgan fingerprint density at radius 2 is 1.81 bits per heavy atom. The Bertz CT molecular complexity index is 518. The molecule has 1 aliphatic rings. The van der Waals surface area contributed by atoms with Crippen LogP contribution in [0.25, 0.3) is 0 Å². The van der Waals surface area contributed by atoms with Gasteiger partial charge in [0, 0.05) is 6.42 Å². The minimum atomic E-state index is -1.73. The second kappa shape index (κ2) is 8.25. The fourth-order valence-corrected chi connectivity index (χ4v) is 7.50. The Balaban J connectivity index is 2.30. The van der Waals surface area contributed by atoms with Crippen LogP contribution in [0.15, 0.2) is 41.6 Å². The molecule has 0 aliphatic carbocycles. The number of benzene rings is 1. The third-order valence-electron chi connectivity index (χ3n) is 4.48. The molecule has 0 saturated carbocycles. The van der Waals surface area contributed by atoms with Crippen LogP contribution in [-0.4, -0.2) is 8.07 Å². The molecule has 0 radical (unpaired) electrons. The van der Waals surface area contributed by atoms with E-state index in [4.69, 9.17) is 0 Å². The van der Waals surface area contributed by atoms with Crippen LogP contribution < -0.4 is 5.19 Å². The first-order valence-corrected chi connectivity index (χ1v) is 10.8. The molecule has 0 N–H and O–H groups in total.